The lowest BCUT2D eigenvalue weighted by Gasteiger charge is -2.30. The van der Waals surface area contributed by atoms with Crippen molar-refractivity contribution >= 4 is 14.6 Å². The molecule has 5 heteroatoms. The summed E-state index contributed by atoms with van der Waals surface area (Å²) in [5.74, 6) is 0.754. The summed E-state index contributed by atoms with van der Waals surface area (Å²) in [6.45, 7) is 11.8. The quantitative estimate of drug-likeness (QED) is 0.541. The third kappa shape index (κ3) is 5.80. The zero-order chi connectivity index (χ0) is 16.4. The highest BCUT2D eigenvalue weighted by atomic mass is 28.4. The second kappa shape index (κ2) is 10.1. The minimum absolute atomic E-state index is 0.246. The van der Waals surface area contributed by atoms with E-state index in [1.165, 1.54) is 0 Å². The summed E-state index contributed by atoms with van der Waals surface area (Å²) < 4.78 is 17.6. The number of allylic oxidation sites excluding steroid dienone is 3. The predicted octanol–water partition coefficient (Wildman–Crippen LogP) is 3.84. The Morgan fingerprint density at radius 2 is 1.82 bits per heavy atom. The van der Waals surface area contributed by atoms with Gasteiger partial charge in [0.2, 0.25) is 0 Å². The zero-order valence-corrected chi connectivity index (χ0v) is 15.2. The Balaban J connectivity index is 2.51. The third-order valence-corrected chi connectivity index (χ3v) is 6.93. The fourth-order valence-electron chi connectivity index (χ4n) is 2.72. The zero-order valence-electron chi connectivity index (χ0n) is 14.2. The maximum absolute atomic E-state index is 11.2. The third-order valence-electron chi connectivity index (χ3n) is 3.81. The Bertz CT molecular complexity index is 375. The molecule has 22 heavy (non-hydrogen) atoms. The van der Waals surface area contributed by atoms with Gasteiger partial charge in [0.15, 0.2) is 5.78 Å². The number of carbonyl (C=O) groups is 1. The number of hydrogen-bond acceptors (Lipinski definition) is 4. The van der Waals surface area contributed by atoms with Crippen molar-refractivity contribution in [2.45, 2.75) is 52.9 Å². The number of hydrogen-bond donors (Lipinski definition) is 0. The molecule has 1 unspecified atom stereocenters. The normalized spacial score (nSPS) is 18.7. The number of ketones is 1. The molecule has 0 bridgehead atoms. The van der Waals surface area contributed by atoms with Crippen molar-refractivity contribution < 1.29 is 18.1 Å². The van der Waals surface area contributed by atoms with E-state index in [9.17, 15) is 4.79 Å². The number of carbonyl (C=O) groups excluding carboxylic acids is 1. The Labute approximate surface area is 135 Å². The molecule has 0 spiro atoms. The van der Waals surface area contributed by atoms with Crippen molar-refractivity contribution in [1.82, 2.24) is 0 Å². The second-order valence-electron chi connectivity index (χ2n) is 5.48. The van der Waals surface area contributed by atoms with Gasteiger partial charge >= 0.3 is 8.80 Å². The van der Waals surface area contributed by atoms with E-state index in [4.69, 9.17) is 13.3 Å². The molecule has 0 radical (unpaired) electrons. The summed E-state index contributed by atoms with van der Waals surface area (Å²) in [6, 6.07) is 0. The maximum Gasteiger partial charge on any atom is 0.532 e. The van der Waals surface area contributed by atoms with E-state index in [0.29, 0.717) is 32.2 Å². The lowest BCUT2D eigenvalue weighted by atomic mass is 9.91. The van der Waals surface area contributed by atoms with Crippen LogP contribution < -0.4 is 0 Å². The van der Waals surface area contributed by atoms with E-state index in [-0.39, 0.29) is 5.78 Å². The molecule has 0 amide bonds. The summed E-state index contributed by atoms with van der Waals surface area (Å²) in [5, 5.41) is 0.967. The molecule has 126 valence electrons. The average Bonchev–Trinajstić information content (AvgIpc) is 2.50. The van der Waals surface area contributed by atoms with Gasteiger partial charge in [-0.25, -0.2) is 0 Å². The molecule has 1 atom stereocenters. The van der Waals surface area contributed by atoms with Crippen LogP contribution in [-0.2, 0) is 18.1 Å². The predicted molar refractivity (Wildman–Crippen MR) is 90.5 cm³/mol. The molecule has 0 saturated carbocycles. The first-order chi connectivity index (χ1) is 10.6. The fraction of sp³-hybridized carbons (Fsp3) is 0.706. The topological polar surface area (TPSA) is 44.8 Å². The highest BCUT2D eigenvalue weighted by molar-refractivity contribution is 6.68. The molecule has 0 aliphatic heterocycles. The van der Waals surface area contributed by atoms with Crippen LogP contribution in [0, 0.1) is 5.92 Å². The van der Waals surface area contributed by atoms with Crippen LogP contribution in [0.2, 0.25) is 0 Å². The largest absolute Gasteiger partial charge is 0.532 e. The van der Waals surface area contributed by atoms with E-state index in [2.05, 4.69) is 6.58 Å². The summed E-state index contributed by atoms with van der Waals surface area (Å²) in [7, 11) is -2.76. The van der Waals surface area contributed by atoms with Gasteiger partial charge in [0.1, 0.15) is 0 Å². The van der Waals surface area contributed by atoms with E-state index in [1.54, 1.807) is 6.08 Å². The van der Waals surface area contributed by atoms with Crippen LogP contribution in [0.3, 0.4) is 0 Å². The Morgan fingerprint density at radius 1 is 1.23 bits per heavy atom. The van der Waals surface area contributed by atoms with E-state index < -0.39 is 8.80 Å². The minimum atomic E-state index is -2.76. The molecule has 0 saturated heterocycles. The molecule has 0 aromatic heterocycles. The van der Waals surface area contributed by atoms with Gasteiger partial charge in [-0.05, 0) is 63.6 Å². The number of rotatable bonds is 11. The van der Waals surface area contributed by atoms with Crippen LogP contribution in [0.4, 0.5) is 0 Å². The Hall–Kier alpha value is -0.753. The molecule has 4 nitrogen and oxygen atoms in total. The molecule has 1 aliphatic rings. The summed E-state index contributed by atoms with van der Waals surface area (Å²) in [6.07, 6.45) is 8.35. The molecule has 1 rings (SSSR count). The van der Waals surface area contributed by atoms with Crippen molar-refractivity contribution in [2.24, 2.45) is 5.92 Å². The molecule has 0 heterocycles. The highest BCUT2D eigenvalue weighted by Crippen LogP contribution is 2.26. The highest BCUT2D eigenvalue weighted by Gasteiger charge is 2.43. The summed E-state index contributed by atoms with van der Waals surface area (Å²) >= 11 is 0. The summed E-state index contributed by atoms with van der Waals surface area (Å²) in [5.41, 5.74) is 0. The van der Waals surface area contributed by atoms with Crippen molar-refractivity contribution in [3.8, 4) is 0 Å². The molecule has 0 N–H and O–H groups in total. The van der Waals surface area contributed by atoms with Crippen LogP contribution >= 0.6 is 0 Å². The van der Waals surface area contributed by atoms with Crippen LogP contribution in [0.5, 0.6) is 0 Å². The molecular weight excluding hydrogens is 296 g/mol. The van der Waals surface area contributed by atoms with Gasteiger partial charge in [-0.15, -0.1) is 0 Å². The molecule has 0 fully saturated rings. The summed E-state index contributed by atoms with van der Waals surface area (Å²) in [4.78, 5) is 11.2. The second-order valence-corrected chi connectivity index (χ2v) is 8.16. The van der Waals surface area contributed by atoms with E-state index >= 15 is 0 Å². The first kappa shape index (κ1) is 19.3. The molecular formula is C17H30O4Si. The standard InChI is InChI=1S/C17H30O4Si/c1-5-19-22(20-6-2,21-7-3)15(4)9-8-10-16-11-13-17(18)14-12-16/h11,13,16H,4-10,12,14H2,1-3H3. The van der Waals surface area contributed by atoms with Gasteiger partial charge in [-0.2, -0.15) is 0 Å². The van der Waals surface area contributed by atoms with Crippen molar-refractivity contribution in [1.29, 1.82) is 0 Å². The molecule has 1 aliphatic carbocycles. The molecule has 0 aromatic rings. The lowest BCUT2D eigenvalue weighted by molar-refractivity contribution is -0.115. The van der Waals surface area contributed by atoms with Crippen LogP contribution in [0.15, 0.2) is 23.9 Å². The first-order valence-corrected chi connectivity index (χ1v) is 10.1. The maximum atomic E-state index is 11.2. The van der Waals surface area contributed by atoms with E-state index in [1.807, 2.05) is 26.8 Å². The van der Waals surface area contributed by atoms with Gasteiger partial charge in [0.25, 0.3) is 0 Å². The van der Waals surface area contributed by atoms with Gasteiger partial charge in [0.05, 0.1) is 0 Å². The van der Waals surface area contributed by atoms with Gasteiger partial charge in [-0.1, -0.05) is 12.7 Å². The Kier molecular flexibility index (Phi) is 8.86. The van der Waals surface area contributed by atoms with Crippen molar-refractivity contribution in [3.63, 3.8) is 0 Å². The van der Waals surface area contributed by atoms with Crippen molar-refractivity contribution in [3.05, 3.63) is 23.9 Å². The molecule has 0 aromatic carbocycles. The van der Waals surface area contributed by atoms with Crippen LogP contribution in [0.1, 0.15) is 52.9 Å². The van der Waals surface area contributed by atoms with Crippen molar-refractivity contribution in [2.75, 3.05) is 19.8 Å². The van der Waals surface area contributed by atoms with E-state index in [0.717, 1.165) is 30.9 Å². The van der Waals surface area contributed by atoms with Gasteiger partial charge in [-0.3, -0.25) is 4.79 Å². The van der Waals surface area contributed by atoms with Crippen LogP contribution in [-0.4, -0.2) is 34.4 Å². The van der Waals surface area contributed by atoms with Gasteiger partial charge < -0.3 is 13.3 Å². The average molecular weight is 327 g/mol. The van der Waals surface area contributed by atoms with Gasteiger partial charge in [0, 0.05) is 26.2 Å². The smallest absolute Gasteiger partial charge is 0.371 e. The lowest BCUT2D eigenvalue weighted by Crippen LogP contribution is -2.48. The SMILES string of the molecule is C=C(CCCC1C=CC(=O)CC1)[Si](OCC)(OCC)OCC. The first-order valence-electron chi connectivity index (χ1n) is 8.39. The Morgan fingerprint density at radius 3 is 2.27 bits per heavy atom. The van der Waals surface area contributed by atoms with Crippen LogP contribution in [0.25, 0.3) is 0 Å². The minimum Gasteiger partial charge on any atom is -0.371 e. The monoisotopic (exact) mass is 326 g/mol. The fourth-order valence-corrected chi connectivity index (χ4v) is 5.21.